The molecule has 0 fully saturated rings. The minimum atomic E-state index is -0.385. The summed E-state index contributed by atoms with van der Waals surface area (Å²) in [6.45, 7) is 0. The lowest BCUT2D eigenvalue weighted by Crippen LogP contribution is -3.06. The van der Waals surface area contributed by atoms with Crippen molar-refractivity contribution in [2.24, 2.45) is 4.99 Å². The van der Waals surface area contributed by atoms with E-state index in [9.17, 15) is 4.79 Å². The molecule has 0 radical (unpaired) electrons. The molecule has 0 spiro atoms. The molecule has 1 aromatic carbocycles. The van der Waals surface area contributed by atoms with Crippen LogP contribution in [0, 0.1) is 0 Å². The van der Waals surface area contributed by atoms with E-state index in [4.69, 9.17) is 4.74 Å². The van der Waals surface area contributed by atoms with E-state index in [1.807, 2.05) is 31.3 Å². The van der Waals surface area contributed by atoms with E-state index in [2.05, 4.69) is 17.6 Å². The highest BCUT2D eigenvalue weighted by Gasteiger charge is 2.29. The molecule has 0 saturated carbocycles. The molecule has 15 heavy (non-hydrogen) atoms. The molecular formula is C10H11N2O2S+. The number of hydrogen-bond donors (Lipinski definition) is 2. The Morgan fingerprint density at radius 2 is 2.27 bits per heavy atom. The van der Waals surface area contributed by atoms with Gasteiger partial charge in [0.15, 0.2) is 5.69 Å². The second-order valence-corrected chi connectivity index (χ2v) is 3.51. The van der Waals surface area contributed by atoms with Crippen molar-refractivity contribution in [3.05, 3.63) is 24.3 Å². The Labute approximate surface area is 93.0 Å². The van der Waals surface area contributed by atoms with E-state index in [-0.39, 0.29) is 11.7 Å². The first-order valence-corrected chi connectivity index (χ1v) is 5.19. The topological polar surface area (TPSA) is 43.1 Å². The molecule has 1 aliphatic heterocycles. The van der Waals surface area contributed by atoms with Gasteiger partial charge in [-0.1, -0.05) is 12.1 Å². The van der Waals surface area contributed by atoms with Gasteiger partial charge in [0.05, 0.1) is 12.8 Å². The summed E-state index contributed by atoms with van der Waals surface area (Å²) in [5, 5.41) is 0. The van der Waals surface area contributed by atoms with Crippen molar-refractivity contribution < 1.29 is 14.4 Å². The minimum Gasteiger partial charge on any atom is -0.362 e. The van der Waals surface area contributed by atoms with Crippen LogP contribution in [0.1, 0.15) is 0 Å². The highest BCUT2D eigenvalue weighted by Crippen LogP contribution is 2.24. The van der Waals surface area contributed by atoms with Gasteiger partial charge < -0.3 is 4.74 Å². The van der Waals surface area contributed by atoms with Crippen LogP contribution in [-0.2, 0) is 9.53 Å². The highest BCUT2D eigenvalue weighted by atomic mass is 32.1. The summed E-state index contributed by atoms with van der Waals surface area (Å²) in [7, 11) is 1.89. The van der Waals surface area contributed by atoms with Gasteiger partial charge in [0, 0.05) is 6.07 Å². The number of aliphatic imine (C=N–C) groups is 1. The van der Waals surface area contributed by atoms with Gasteiger partial charge in [-0.15, -0.1) is 0 Å². The number of nitrogens with zero attached hydrogens (tertiary/aromatic N) is 1. The number of fused-ring (bicyclic) bond motifs is 1. The fourth-order valence-electron chi connectivity index (χ4n) is 1.44. The van der Waals surface area contributed by atoms with Crippen molar-refractivity contribution in [2.45, 2.75) is 0 Å². The van der Waals surface area contributed by atoms with E-state index in [0.717, 1.165) is 16.3 Å². The van der Waals surface area contributed by atoms with Gasteiger partial charge >= 0.3 is 12.0 Å². The van der Waals surface area contributed by atoms with E-state index in [0.29, 0.717) is 6.02 Å². The molecule has 4 nitrogen and oxygen atoms in total. The number of benzene rings is 1. The lowest BCUT2D eigenvalue weighted by molar-refractivity contribution is -0.712. The Morgan fingerprint density at radius 3 is 2.93 bits per heavy atom. The summed E-state index contributed by atoms with van der Waals surface area (Å²) in [5.41, 5.74) is 1.86. The van der Waals surface area contributed by atoms with Gasteiger partial charge in [0.1, 0.15) is 5.69 Å². The summed E-state index contributed by atoms with van der Waals surface area (Å²) in [6.07, 6.45) is 0. The van der Waals surface area contributed by atoms with Gasteiger partial charge in [-0.2, -0.15) is 17.6 Å². The Balaban J connectivity index is 2.23. The molecule has 0 bridgehead atoms. The average molecular weight is 223 g/mol. The van der Waals surface area contributed by atoms with Gasteiger partial charge in [0.2, 0.25) is 0 Å². The highest BCUT2D eigenvalue weighted by molar-refractivity contribution is 7.81. The lowest BCUT2D eigenvalue weighted by atomic mass is 10.3. The number of nitrogens with one attached hydrogen (secondary N) is 1. The molecule has 1 heterocycles. The predicted molar refractivity (Wildman–Crippen MR) is 60.0 cm³/mol. The molecule has 1 aromatic rings. The molecule has 78 valence electrons. The fourth-order valence-corrected chi connectivity index (χ4v) is 1.50. The number of carbonyl (C=O) groups is 1. The zero-order valence-corrected chi connectivity index (χ0v) is 9.12. The molecule has 5 heteroatoms. The fraction of sp³-hybridized carbons (Fsp3) is 0.200. The Kier molecular flexibility index (Phi) is 2.75. The molecule has 0 aromatic heterocycles. The lowest BCUT2D eigenvalue weighted by Gasteiger charge is -2.07. The van der Waals surface area contributed by atoms with Gasteiger partial charge in [-0.3, -0.25) is 4.79 Å². The van der Waals surface area contributed by atoms with Gasteiger partial charge in [-0.05, 0) is 6.07 Å². The summed E-state index contributed by atoms with van der Waals surface area (Å²) < 4.78 is 5.05. The van der Waals surface area contributed by atoms with Crippen LogP contribution in [0.25, 0.3) is 0 Å². The Morgan fingerprint density at radius 1 is 1.53 bits per heavy atom. The molecule has 0 aliphatic carbocycles. The van der Waals surface area contributed by atoms with Crippen molar-refractivity contribution >= 4 is 36.0 Å². The largest absolute Gasteiger partial charge is 0.410 e. The van der Waals surface area contributed by atoms with Crippen LogP contribution in [0.5, 0.6) is 0 Å². The maximum atomic E-state index is 11.1. The van der Waals surface area contributed by atoms with Gasteiger partial charge in [0.25, 0.3) is 0 Å². The molecule has 1 unspecified atom stereocenters. The molecular weight excluding hydrogens is 212 g/mol. The smallest absolute Gasteiger partial charge is 0.362 e. The third kappa shape index (κ3) is 1.88. The summed E-state index contributed by atoms with van der Waals surface area (Å²) in [6, 6.07) is 8.06. The normalized spacial score (nSPS) is 18.3. The third-order valence-corrected chi connectivity index (χ3v) is 2.45. The van der Waals surface area contributed by atoms with E-state index < -0.39 is 0 Å². The molecule has 1 atom stereocenters. The first-order valence-electron chi connectivity index (χ1n) is 4.56. The summed E-state index contributed by atoms with van der Waals surface area (Å²) in [5.74, 6) is -0.327. The number of amidine groups is 1. The molecule has 0 saturated heterocycles. The van der Waals surface area contributed by atoms with Crippen molar-refractivity contribution in [3.63, 3.8) is 0 Å². The zero-order valence-electron chi connectivity index (χ0n) is 8.23. The first kappa shape index (κ1) is 10.2. The quantitative estimate of drug-likeness (QED) is 0.531. The number of hydrogen-bond acceptors (Lipinski definition) is 4. The zero-order chi connectivity index (χ0) is 10.8. The number of carbonyl (C=O) groups excluding carboxylic acids is 1. The van der Waals surface area contributed by atoms with Crippen LogP contribution in [0.2, 0.25) is 0 Å². The monoisotopic (exact) mass is 223 g/mol. The Hall–Kier alpha value is -1.33. The van der Waals surface area contributed by atoms with E-state index in [1.54, 1.807) is 0 Å². The van der Waals surface area contributed by atoms with E-state index >= 15 is 0 Å². The van der Waals surface area contributed by atoms with Crippen LogP contribution in [-0.4, -0.2) is 24.8 Å². The third-order valence-electron chi connectivity index (χ3n) is 2.19. The molecule has 1 N–H and O–H groups in total. The van der Waals surface area contributed by atoms with Crippen molar-refractivity contribution in [2.75, 3.05) is 12.8 Å². The number of para-hydroxylation sites is 2. The predicted octanol–water partition coefficient (Wildman–Crippen LogP) is 0.307. The maximum Gasteiger partial charge on any atom is 0.410 e. The number of quaternary nitrogens is 1. The SMILES string of the molecule is C[NH+]1C(OC(=O)CS)=Nc2ccccc21. The van der Waals surface area contributed by atoms with E-state index in [1.165, 1.54) is 0 Å². The minimum absolute atomic E-state index is 0.0582. The second-order valence-electron chi connectivity index (χ2n) is 3.19. The summed E-state index contributed by atoms with van der Waals surface area (Å²) >= 11 is 3.84. The molecule has 0 amide bonds. The van der Waals surface area contributed by atoms with Crippen molar-refractivity contribution in [1.82, 2.24) is 0 Å². The standard InChI is InChI=1S/C10H10N2O2S/c1-12-8-5-3-2-4-7(8)11-10(12)14-9(13)6-15/h2-5,15H,6H2,1H3/p+1. The Bertz CT molecular complexity index is 431. The van der Waals surface area contributed by atoms with Crippen LogP contribution in [0.4, 0.5) is 11.4 Å². The van der Waals surface area contributed by atoms with Crippen LogP contribution in [0.15, 0.2) is 29.3 Å². The number of rotatable bonds is 1. The first-order chi connectivity index (χ1) is 7.22. The van der Waals surface area contributed by atoms with Crippen LogP contribution in [0.3, 0.4) is 0 Å². The van der Waals surface area contributed by atoms with Crippen LogP contribution < -0.4 is 4.90 Å². The summed E-state index contributed by atoms with van der Waals surface area (Å²) in [4.78, 5) is 16.2. The number of ether oxygens (including phenoxy) is 1. The van der Waals surface area contributed by atoms with Crippen LogP contribution >= 0.6 is 12.6 Å². The molecule has 1 aliphatic rings. The van der Waals surface area contributed by atoms with Crippen molar-refractivity contribution in [3.8, 4) is 0 Å². The van der Waals surface area contributed by atoms with Gasteiger partial charge in [-0.25, -0.2) is 4.90 Å². The number of esters is 1. The van der Waals surface area contributed by atoms with Crippen molar-refractivity contribution in [1.29, 1.82) is 0 Å². The number of thiol groups is 1. The molecule has 2 rings (SSSR count). The maximum absolute atomic E-state index is 11.1. The second kappa shape index (κ2) is 4.04. The average Bonchev–Trinajstić information content (AvgIpc) is 2.57.